The molecule has 1 heterocycles. The number of nitro groups is 1. The van der Waals surface area contributed by atoms with Gasteiger partial charge in [0.25, 0.3) is 11.6 Å². The van der Waals surface area contributed by atoms with E-state index in [0.717, 1.165) is 12.1 Å². The standard InChI is InChI=1S/C11H9N3O5S/c1-19-8-4-6(14(17)18)2-5(9(8)15)3-7-10(16)13-11(20)12-7/h2-4,15H,1H3,(H2,12,13,16,20). The summed E-state index contributed by atoms with van der Waals surface area (Å²) in [5.41, 5.74) is -0.126. The molecule has 1 aromatic carbocycles. The number of non-ortho nitro benzene ring substituents is 1. The molecule has 0 aromatic heterocycles. The molecule has 0 atom stereocenters. The van der Waals surface area contributed by atoms with Crippen LogP contribution in [-0.2, 0) is 4.79 Å². The highest BCUT2D eigenvalue weighted by atomic mass is 32.1. The number of ether oxygens (including phenoxy) is 1. The van der Waals surface area contributed by atoms with Gasteiger partial charge in [-0.1, -0.05) is 0 Å². The van der Waals surface area contributed by atoms with Crippen molar-refractivity contribution in [2.75, 3.05) is 7.11 Å². The van der Waals surface area contributed by atoms with Gasteiger partial charge in [-0.15, -0.1) is 0 Å². The molecule has 2 rings (SSSR count). The Hall–Kier alpha value is -2.68. The van der Waals surface area contributed by atoms with Crippen molar-refractivity contribution in [1.82, 2.24) is 10.6 Å². The van der Waals surface area contributed by atoms with E-state index in [-0.39, 0.29) is 33.6 Å². The van der Waals surface area contributed by atoms with Crippen LogP contribution in [0.1, 0.15) is 5.56 Å². The zero-order valence-electron chi connectivity index (χ0n) is 10.2. The van der Waals surface area contributed by atoms with E-state index in [1.165, 1.54) is 13.2 Å². The number of rotatable bonds is 3. The number of nitro benzene ring substituents is 1. The number of nitrogens with zero attached hydrogens (tertiary/aromatic N) is 1. The average Bonchev–Trinajstić information content (AvgIpc) is 2.70. The quantitative estimate of drug-likeness (QED) is 0.325. The summed E-state index contributed by atoms with van der Waals surface area (Å²) in [4.78, 5) is 21.7. The van der Waals surface area contributed by atoms with Crippen LogP contribution in [0.5, 0.6) is 11.5 Å². The van der Waals surface area contributed by atoms with Crippen LogP contribution in [0, 0.1) is 10.1 Å². The molecule has 0 bridgehead atoms. The molecule has 8 nitrogen and oxygen atoms in total. The van der Waals surface area contributed by atoms with Crippen molar-refractivity contribution in [3.63, 3.8) is 0 Å². The number of carbonyl (C=O) groups is 1. The van der Waals surface area contributed by atoms with Gasteiger partial charge in [-0.3, -0.25) is 20.2 Å². The molecule has 20 heavy (non-hydrogen) atoms. The normalized spacial score (nSPS) is 15.9. The van der Waals surface area contributed by atoms with E-state index in [4.69, 9.17) is 17.0 Å². The first-order chi connectivity index (χ1) is 9.42. The van der Waals surface area contributed by atoms with Gasteiger partial charge in [-0.05, 0) is 18.3 Å². The number of hydrogen-bond donors (Lipinski definition) is 3. The van der Waals surface area contributed by atoms with Crippen molar-refractivity contribution in [1.29, 1.82) is 0 Å². The molecule has 1 aliphatic rings. The van der Waals surface area contributed by atoms with Gasteiger partial charge in [-0.25, -0.2) is 0 Å². The molecule has 1 saturated heterocycles. The summed E-state index contributed by atoms with van der Waals surface area (Å²) in [5.74, 6) is -0.857. The van der Waals surface area contributed by atoms with Crippen LogP contribution < -0.4 is 15.4 Å². The monoisotopic (exact) mass is 295 g/mol. The van der Waals surface area contributed by atoms with E-state index >= 15 is 0 Å². The first kappa shape index (κ1) is 13.7. The van der Waals surface area contributed by atoms with Crippen LogP contribution >= 0.6 is 12.2 Å². The summed E-state index contributed by atoms with van der Waals surface area (Å²) in [5, 5.41) is 25.8. The molecule has 0 spiro atoms. The maximum Gasteiger partial charge on any atom is 0.274 e. The highest BCUT2D eigenvalue weighted by Crippen LogP contribution is 2.35. The molecule has 0 unspecified atom stereocenters. The predicted octanol–water partition coefficient (Wildman–Crippen LogP) is 0.654. The van der Waals surface area contributed by atoms with Crippen molar-refractivity contribution >= 4 is 35.0 Å². The van der Waals surface area contributed by atoms with Gasteiger partial charge in [0.05, 0.1) is 18.1 Å². The number of thiocarbonyl (C=S) groups is 1. The smallest absolute Gasteiger partial charge is 0.274 e. The Kier molecular flexibility index (Phi) is 3.53. The predicted molar refractivity (Wildman–Crippen MR) is 73.2 cm³/mol. The van der Waals surface area contributed by atoms with Gasteiger partial charge in [0.2, 0.25) is 0 Å². The van der Waals surface area contributed by atoms with Crippen molar-refractivity contribution in [2.24, 2.45) is 0 Å². The SMILES string of the molecule is COc1cc([N+](=O)[O-])cc(C=C2NC(=S)NC2=O)c1O. The van der Waals surface area contributed by atoms with Gasteiger partial charge in [-0.2, -0.15) is 0 Å². The maximum atomic E-state index is 11.5. The lowest BCUT2D eigenvalue weighted by Crippen LogP contribution is -2.21. The van der Waals surface area contributed by atoms with E-state index in [9.17, 15) is 20.0 Å². The zero-order valence-corrected chi connectivity index (χ0v) is 11.0. The third-order valence-corrected chi connectivity index (χ3v) is 2.74. The molecular formula is C11H9N3O5S. The second-order valence-electron chi connectivity index (χ2n) is 3.81. The van der Waals surface area contributed by atoms with Gasteiger partial charge in [0, 0.05) is 11.6 Å². The van der Waals surface area contributed by atoms with Gasteiger partial charge in [0.15, 0.2) is 16.6 Å². The molecule has 0 saturated carbocycles. The Morgan fingerprint density at radius 3 is 2.65 bits per heavy atom. The Morgan fingerprint density at radius 2 is 2.15 bits per heavy atom. The third-order valence-electron chi connectivity index (χ3n) is 2.54. The lowest BCUT2D eigenvalue weighted by molar-refractivity contribution is -0.385. The molecule has 1 amide bonds. The number of amides is 1. The lowest BCUT2D eigenvalue weighted by Gasteiger charge is -2.06. The van der Waals surface area contributed by atoms with Crippen LogP contribution in [0.3, 0.4) is 0 Å². The molecule has 1 fully saturated rings. The first-order valence-electron chi connectivity index (χ1n) is 5.32. The number of phenolic OH excluding ortho intramolecular Hbond substituents is 1. The Balaban J connectivity index is 2.53. The van der Waals surface area contributed by atoms with E-state index in [0.29, 0.717) is 0 Å². The van der Waals surface area contributed by atoms with Crippen LogP contribution in [-0.4, -0.2) is 28.2 Å². The molecule has 0 aliphatic carbocycles. The molecule has 104 valence electrons. The molecule has 1 aromatic rings. The minimum absolute atomic E-state index is 0.0629. The van der Waals surface area contributed by atoms with E-state index in [2.05, 4.69) is 10.6 Å². The number of carbonyl (C=O) groups excluding carboxylic acids is 1. The second kappa shape index (κ2) is 5.13. The summed E-state index contributed by atoms with van der Waals surface area (Å²) in [6, 6.07) is 2.21. The molecular weight excluding hydrogens is 286 g/mol. The number of methoxy groups -OCH3 is 1. The topological polar surface area (TPSA) is 114 Å². The highest BCUT2D eigenvalue weighted by Gasteiger charge is 2.22. The van der Waals surface area contributed by atoms with Crippen LogP contribution in [0.25, 0.3) is 6.08 Å². The molecule has 1 aliphatic heterocycles. The summed E-state index contributed by atoms with van der Waals surface area (Å²) < 4.78 is 4.86. The fraction of sp³-hybridized carbons (Fsp3) is 0.0909. The number of nitrogens with one attached hydrogen (secondary N) is 2. The fourth-order valence-corrected chi connectivity index (χ4v) is 1.83. The highest BCUT2D eigenvalue weighted by molar-refractivity contribution is 7.80. The molecule has 0 radical (unpaired) electrons. The summed E-state index contributed by atoms with van der Waals surface area (Å²) >= 11 is 4.76. The second-order valence-corrected chi connectivity index (χ2v) is 4.22. The molecule has 3 N–H and O–H groups in total. The van der Waals surface area contributed by atoms with Gasteiger partial charge >= 0.3 is 0 Å². The average molecular weight is 295 g/mol. The van der Waals surface area contributed by atoms with Gasteiger partial charge in [0.1, 0.15) is 5.70 Å². The van der Waals surface area contributed by atoms with Crippen LogP contribution in [0.4, 0.5) is 5.69 Å². The number of hydrogen-bond acceptors (Lipinski definition) is 6. The van der Waals surface area contributed by atoms with E-state index < -0.39 is 10.8 Å². The largest absolute Gasteiger partial charge is 0.504 e. The number of benzene rings is 1. The van der Waals surface area contributed by atoms with Crippen molar-refractivity contribution < 1.29 is 19.6 Å². The van der Waals surface area contributed by atoms with Crippen molar-refractivity contribution in [2.45, 2.75) is 0 Å². The number of aromatic hydroxyl groups is 1. The van der Waals surface area contributed by atoms with Crippen LogP contribution in [0.2, 0.25) is 0 Å². The van der Waals surface area contributed by atoms with E-state index in [1.807, 2.05) is 0 Å². The maximum absolute atomic E-state index is 11.5. The summed E-state index contributed by atoms with van der Waals surface area (Å²) in [6.07, 6.45) is 1.25. The molecule has 9 heteroatoms. The van der Waals surface area contributed by atoms with E-state index in [1.54, 1.807) is 0 Å². The van der Waals surface area contributed by atoms with Crippen molar-refractivity contribution in [3.05, 3.63) is 33.5 Å². The van der Waals surface area contributed by atoms with Crippen molar-refractivity contribution in [3.8, 4) is 11.5 Å². The first-order valence-corrected chi connectivity index (χ1v) is 5.72. The summed E-state index contributed by atoms with van der Waals surface area (Å²) in [6.45, 7) is 0. The third kappa shape index (κ3) is 2.52. The Labute approximate surface area is 118 Å². The Bertz CT molecular complexity index is 656. The minimum Gasteiger partial charge on any atom is -0.504 e. The van der Waals surface area contributed by atoms with Crippen LogP contribution in [0.15, 0.2) is 17.8 Å². The summed E-state index contributed by atoms with van der Waals surface area (Å²) in [7, 11) is 1.27. The fourth-order valence-electron chi connectivity index (χ4n) is 1.62. The minimum atomic E-state index is -0.628. The number of phenols is 1. The van der Waals surface area contributed by atoms with Gasteiger partial charge < -0.3 is 15.2 Å². The zero-order chi connectivity index (χ0) is 14.9. The Morgan fingerprint density at radius 1 is 1.45 bits per heavy atom. The lowest BCUT2D eigenvalue weighted by atomic mass is 10.1.